The van der Waals surface area contributed by atoms with Crippen molar-refractivity contribution < 1.29 is 14.4 Å². The first-order chi connectivity index (χ1) is 5.54. The summed E-state index contributed by atoms with van der Waals surface area (Å²) < 4.78 is 4.79. The summed E-state index contributed by atoms with van der Waals surface area (Å²) >= 11 is 0. The van der Waals surface area contributed by atoms with E-state index in [0.717, 1.165) is 0 Å². The van der Waals surface area contributed by atoms with Crippen LogP contribution < -0.4 is 0 Å². The topological polar surface area (TPSA) is 63.3 Å². The minimum Gasteiger partial charge on any atom is -0.478 e. The van der Waals surface area contributed by atoms with Gasteiger partial charge in [0.15, 0.2) is 0 Å². The predicted molar refractivity (Wildman–Crippen MR) is 42.6 cm³/mol. The lowest BCUT2D eigenvalue weighted by molar-refractivity contribution is -0.130. The minimum atomic E-state index is -1.05. The maximum Gasteiger partial charge on any atom is 0.335 e. The number of nitrogens with zero attached hydrogens (tertiary/aromatic N) is 1. The van der Waals surface area contributed by atoms with Crippen molar-refractivity contribution in [2.75, 3.05) is 0 Å². The van der Waals surface area contributed by atoms with Crippen LogP contribution in [0, 0.1) is 13.8 Å². The third kappa shape index (κ3) is 1.23. The molecule has 0 amide bonds. The molecule has 0 unspecified atom stereocenters. The number of aliphatic carboxylic acids is 1. The summed E-state index contributed by atoms with van der Waals surface area (Å²) in [6, 6.07) is 0. The van der Waals surface area contributed by atoms with Crippen LogP contribution in [0.2, 0.25) is 0 Å². The number of hydrogen-bond acceptors (Lipinski definition) is 3. The van der Waals surface area contributed by atoms with Gasteiger partial charge in [0.2, 0.25) is 0 Å². The van der Waals surface area contributed by atoms with Crippen molar-refractivity contribution in [1.29, 1.82) is 0 Å². The molecule has 64 valence electrons. The van der Waals surface area contributed by atoms with Gasteiger partial charge in [-0.3, -0.25) is 0 Å². The SMILES string of the molecule is C=C(C(=O)O)c1c(C)noc1C. The van der Waals surface area contributed by atoms with Gasteiger partial charge in [0.05, 0.1) is 16.8 Å². The van der Waals surface area contributed by atoms with Gasteiger partial charge in [0.1, 0.15) is 5.76 Å². The van der Waals surface area contributed by atoms with Crippen LogP contribution in [-0.2, 0) is 4.79 Å². The van der Waals surface area contributed by atoms with Gasteiger partial charge >= 0.3 is 5.97 Å². The van der Waals surface area contributed by atoms with E-state index >= 15 is 0 Å². The molecule has 0 bridgehead atoms. The molecule has 1 aromatic heterocycles. The zero-order chi connectivity index (χ0) is 9.30. The summed E-state index contributed by atoms with van der Waals surface area (Å²) in [7, 11) is 0. The number of carbonyl (C=O) groups is 1. The molecular weight excluding hydrogens is 158 g/mol. The van der Waals surface area contributed by atoms with E-state index in [-0.39, 0.29) is 5.57 Å². The normalized spacial score (nSPS) is 9.83. The lowest BCUT2D eigenvalue weighted by Crippen LogP contribution is -1.99. The molecule has 4 nitrogen and oxygen atoms in total. The van der Waals surface area contributed by atoms with Crippen LogP contribution in [0.1, 0.15) is 17.0 Å². The van der Waals surface area contributed by atoms with E-state index in [1.807, 2.05) is 0 Å². The molecule has 0 aliphatic carbocycles. The maximum atomic E-state index is 10.5. The average Bonchev–Trinajstić information content (AvgIpc) is 2.30. The van der Waals surface area contributed by atoms with Gasteiger partial charge in [-0.05, 0) is 13.8 Å². The van der Waals surface area contributed by atoms with Gasteiger partial charge in [-0.2, -0.15) is 0 Å². The van der Waals surface area contributed by atoms with Crippen LogP contribution in [0.5, 0.6) is 0 Å². The highest BCUT2D eigenvalue weighted by molar-refractivity contribution is 6.15. The number of rotatable bonds is 2. The molecule has 0 atom stereocenters. The second kappa shape index (κ2) is 2.81. The van der Waals surface area contributed by atoms with Crippen molar-refractivity contribution >= 4 is 11.5 Å². The molecule has 1 heterocycles. The summed E-state index contributed by atoms with van der Waals surface area (Å²) in [5, 5.41) is 12.3. The standard InChI is InChI=1S/C8H9NO3/c1-4(8(10)11)7-5(2)9-12-6(7)3/h1H2,2-3H3,(H,10,11). The van der Waals surface area contributed by atoms with E-state index < -0.39 is 5.97 Å². The van der Waals surface area contributed by atoms with Crippen LogP contribution in [0.25, 0.3) is 5.57 Å². The first-order valence-electron chi connectivity index (χ1n) is 3.39. The second-order valence-corrected chi connectivity index (χ2v) is 2.48. The third-order valence-electron chi connectivity index (χ3n) is 1.59. The van der Waals surface area contributed by atoms with Gasteiger partial charge < -0.3 is 9.63 Å². The summed E-state index contributed by atoms with van der Waals surface area (Å²) in [6.45, 7) is 6.76. The molecule has 0 aliphatic rings. The van der Waals surface area contributed by atoms with Gasteiger partial charge in [-0.25, -0.2) is 4.79 Å². The van der Waals surface area contributed by atoms with Gasteiger partial charge in [-0.1, -0.05) is 11.7 Å². The zero-order valence-corrected chi connectivity index (χ0v) is 6.92. The summed E-state index contributed by atoms with van der Waals surface area (Å²) in [6.07, 6.45) is 0. The Balaban J connectivity index is 3.18. The molecule has 0 aliphatic heterocycles. The average molecular weight is 167 g/mol. The van der Waals surface area contributed by atoms with Gasteiger partial charge in [-0.15, -0.1) is 0 Å². The van der Waals surface area contributed by atoms with E-state index in [9.17, 15) is 4.79 Å². The maximum absolute atomic E-state index is 10.5. The first-order valence-corrected chi connectivity index (χ1v) is 3.39. The van der Waals surface area contributed by atoms with Crippen LogP contribution in [0.4, 0.5) is 0 Å². The van der Waals surface area contributed by atoms with Gasteiger partial charge in [0.25, 0.3) is 0 Å². The molecule has 0 radical (unpaired) electrons. The van der Waals surface area contributed by atoms with E-state index in [1.54, 1.807) is 13.8 Å². The minimum absolute atomic E-state index is 0.0197. The Morgan fingerprint density at radius 1 is 1.58 bits per heavy atom. The van der Waals surface area contributed by atoms with Crippen LogP contribution in [-0.4, -0.2) is 16.2 Å². The van der Waals surface area contributed by atoms with Crippen molar-refractivity contribution in [3.8, 4) is 0 Å². The Kier molecular flexibility index (Phi) is 1.99. The molecule has 1 rings (SSSR count). The highest BCUT2D eigenvalue weighted by Gasteiger charge is 2.16. The van der Waals surface area contributed by atoms with Crippen molar-refractivity contribution in [2.45, 2.75) is 13.8 Å². The Morgan fingerprint density at radius 2 is 2.17 bits per heavy atom. The summed E-state index contributed by atoms with van der Waals surface area (Å²) in [4.78, 5) is 10.5. The predicted octanol–water partition coefficient (Wildman–Crippen LogP) is 1.39. The molecule has 0 spiro atoms. The number of hydrogen-bond donors (Lipinski definition) is 1. The van der Waals surface area contributed by atoms with Crippen LogP contribution in [0.15, 0.2) is 11.1 Å². The summed E-state index contributed by atoms with van der Waals surface area (Å²) in [5.41, 5.74) is 1.06. The highest BCUT2D eigenvalue weighted by Crippen LogP contribution is 2.20. The lowest BCUT2D eigenvalue weighted by Gasteiger charge is -1.96. The second-order valence-electron chi connectivity index (χ2n) is 2.48. The largest absolute Gasteiger partial charge is 0.478 e. The number of aryl methyl sites for hydroxylation is 2. The number of aromatic nitrogens is 1. The quantitative estimate of drug-likeness (QED) is 0.676. The molecule has 4 heteroatoms. The molecule has 0 saturated carbocycles. The van der Waals surface area contributed by atoms with Crippen molar-refractivity contribution in [1.82, 2.24) is 5.16 Å². The Labute approximate surface area is 69.5 Å². The fourth-order valence-corrected chi connectivity index (χ4v) is 1.02. The molecule has 1 N–H and O–H groups in total. The molecule has 0 saturated heterocycles. The van der Waals surface area contributed by atoms with Crippen molar-refractivity contribution in [3.05, 3.63) is 23.6 Å². The Morgan fingerprint density at radius 3 is 2.50 bits per heavy atom. The molecular formula is C8H9NO3. The van der Waals surface area contributed by atoms with E-state index in [4.69, 9.17) is 9.63 Å². The zero-order valence-electron chi connectivity index (χ0n) is 6.92. The number of carboxylic acid groups (broad SMARTS) is 1. The number of carboxylic acids is 1. The van der Waals surface area contributed by atoms with Crippen molar-refractivity contribution in [3.63, 3.8) is 0 Å². The van der Waals surface area contributed by atoms with E-state index in [0.29, 0.717) is 17.0 Å². The fraction of sp³-hybridized carbons (Fsp3) is 0.250. The summed E-state index contributed by atoms with van der Waals surface area (Å²) in [5.74, 6) is -0.565. The molecule has 12 heavy (non-hydrogen) atoms. The highest BCUT2D eigenvalue weighted by atomic mass is 16.5. The first kappa shape index (κ1) is 8.52. The molecule has 0 aromatic carbocycles. The third-order valence-corrected chi connectivity index (χ3v) is 1.59. The Hall–Kier alpha value is -1.58. The Bertz CT molecular complexity index is 319. The monoisotopic (exact) mass is 167 g/mol. The van der Waals surface area contributed by atoms with Gasteiger partial charge in [0, 0.05) is 0 Å². The van der Waals surface area contributed by atoms with Crippen LogP contribution >= 0.6 is 0 Å². The van der Waals surface area contributed by atoms with Crippen molar-refractivity contribution in [2.24, 2.45) is 0 Å². The van der Waals surface area contributed by atoms with E-state index in [2.05, 4.69) is 11.7 Å². The van der Waals surface area contributed by atoms with E-state index in [1.165, 1.54) is 0 Å². The smallest absolute Gasteiger partial charge is 0.335 e. The van der Waals surface area contributed by atoms with Crippen LogP contribution in [0.3, 0.4) is 0 Å². The molecule has 0 fully saturated rings. The lowest BCUT2D eigenvalue weighted by atomic mass is 10.1. The fourth-order valence-electron chi connectivity index (χ4n) is 1.02. The molecule has 1 aromatic rings.